The van der Waals surface area contributed by atoms with E-state index in [0.29, 0.717) is 23.2 Å². The van der Waals surface area contributed by atoms with Crippen LogP contribution in [0, 0.1) is 0 Å². The molecule has 1 aromatic carbocycles. The summed E-state index contributed by atoms with van der Waals surface area (Å²) in [5.74, 6) is 0.00950. The van der Waals surface area contributed by atoms with E-state index in [0.717, 1.165) is 0 Å². The lowest BCUT2D eigenvalue weighted by atomic mass is 10.1. The Morgan fingerprint density at radius 2 is 2.22 bits per heavy atom. The number of halogens is 1. The number of phenolic OH excluding ortho intramolecular Hbond substituents is 1. The minimum absolute atomic E-state index is 0.0502. The average molecular weight is 314 g/mol. The third-order valence-electron chi connectivity index (χ3n) is 3.06. The Bertz CT molecular complexity index is 464. The molecule has 1 aliphatic rings. The van der Waals surface area contributed by atoms with Crippen molar-refractivity contribution in [3.8, 4) is 5.75 Å². The summed E-state index contributed by atoms with van der Waals surface area (Å²) in [5.41, 5.74) is 0.497. The molecule has 5 heteroatoms. The molecule has 2 unspecified atom stereocenters. The largest absolute Gasteiger partial charge is 0.507 e. The summed E-state index contributed by atoms with van der Waals surface area (Å²) in [7, 11) is 0. The number of amides is 1. The standard InChI is InChI=1S/C13H16BrNO3/c1-8-7-18-9(2)6-15(8)13(17)10-3-4-11(14)12(16)5-10/h3-5,8-9,16H,6-7H2,1-2H3. The van der Waals surface area contributed by atoms with E-state index < -0.39 is 0 Å². The minimum Gasteiger partial charge on any atom is -0.507 e. The van der Waals surface area contributed by atoms with Crippen LogP contribution < -0.4 is 0 Å². The molecule has 2 rings (SSSR count). The van der Waals surface area contributed by atoms with Crippen molar-refractivity contribution in [3.05, 3.63) is 28.2 Å². The monoisotopic (exact) mass is 313 g/mol. The summed E-state index contributed by atoms with van der Waals surface area (Å²) in [6, 6.07) is 4.93. The van der Waals surface area contributed by atoms with Gasteiger partial charge in [-0.3, -0.25) is 4.79 Å². The van der Waals surface area contributed by atoms with Gasteiger partial charge in [0, 0.05) is 12.1 Å². The van der Waals surface area contributed by atoms with Gasteiger partial charge >= 0.3 is 0 Å². The molecule has 1 aromatic rings. The fourth-order valence-electron chi connectivity index (χ4n) is 2.00. The lowest BCUT2D eigenvalue weighted by molar-refractivity contribution is -0.0387. The molecule has 1 N–H and O–H groups in total. The van der Waals surface area contributed by atoms with Crippen molar-refractivity contribution >= 4 is 21.8 Å². The van der Waals surface area contributed by atoms with Gasteiger partial charge in [0.2, 0.25) is 0 Å². The second-order valence-electron chi connectivity index (χ2n) is 4.62. The zero-order chi connectivity index (χ0) is 13.3. The predicted octanol–water partition coefficient (Wildman–Crippen LogP) is 2.40. The molecule has 0 bridgehead atoms. The zero-order valence-corrected chi connectivity index (χ0v) is 12.0. The number of hydrogen-bond donors (Lipinski definition) is 1. The Kier molecular flexibility index (Phi) is 3.92. The number of morpholine rings is 1. The lowest BCUT2D eigenvalue weighted by Crippen LogP contribution is -2.50. The van der Waals surface area contributed by atoms with Crippen molar-refractivity contribution in [1.29, 1.82) is 0 Å². The van der Waals surface area contributed by atoms with Crippen molar-refractivity contribution in [1.82, 2.24) is 4.90 Å². The number of aromatic hydroxyl groups is 1. The van der Waals surface area contributed by atoms with Crippen molar-refractivity contribution < 1.29 is 14.6 Å². The number of phenols is 1. The minimum atomic E-state index is -0.0690. The van der Waals surface area contributed by atoms with Crippen LogP contribution in [-0.4, -0.2) is 41.2 Å². The molecule has 1 amide bonds. The summed E-state index contributed by atoms with van der Waals surface area (Å²) in [6.07, 6.45) is 0.0502. The molecule has 98 valence electrons. The average Bonchev–Trinajstić information content (AvgIpc) is 2.35. The normalized spacial score (nSPS) is 24.1. The lowest BCUT2D eigenvalue weighted by Gasteiger charge is -2.36. The van der Waals surface area contributed by atoms with Gasteiger partial charge in [0.1, 0.15) is 5.75 Å². The topological polar surface area (TPSA) is 49.8 Å². The number of benzene rings is 1. The molecule has 0 radical (unpaired) electrons. The van der Waals surface area contributed by atoms with E-state index in [1.165, 1.54) is 6.07 Å². The number of hydrogen-bond acceptors (Lipinski definition) is 3. The van der Waals surface area contributed by atoms with Gasteiger partial charge in [-0.2, -0.15) is 0 Å². The van der Waals surface area contributed by atoms with E-state index in [1.54, 1.807) is 17.0 Å². The smallest absolute Gasteiger partial charge is 0.254 e. The molecular weight excluding hydrogens is 298 g/mol. The van der Waals surface area contributed by atoms with Crippen LogP contribution in [0.3, 0.4) is 0 Å². The molecule has 1 heterocycles. The van der Waals surface area contributed by atoms with Crippen molar-refractivity contribution in [2.75, 3.05) is 13.2 Å². The molecule has 0 spiro atoms. The number of carbonyl (C=O) groups is 1. The Morgan fingerprint density at radius 3 is 2.89 bits per heavy atom. The molecule has 1 aliphatic heterocycles. The SMILES string of the molecule is CC1CN(C(=O)c2ccc(Br)c(O)c2)C(C)CO1. The van der Waals surface area contributed by atoms with E-state index in [1.807, 2.05) is 13.8 Å². The maximum Gasteiger partial charge on any atom is 0.254 e. The Hall–Kier alpha value is -1.07. The molecule has 0 aromatic heterocycles. The van der Waals surface area contributed by atoms with Gasteiger partial charge < -0.3 is 14.7 Å². The van der Waals surface area contributed by atoms with E-state index >= 15 is 0 Å². The van der Waals surface area contributed by atoms with E-state index in [9.17, 15) is 9.90 Å². The van der Waals surface area contributed by atoms with Gasteiger partial charge in [0.25, 0.3) is 5.91 Å². The highest BCUT2D eigenvalue weighted by Gasteiger charge is 2.28. The first-order chi connectivity index (χ1) is 8.49. The highest BCUT2D eigenvalue weighted by molar-refractivity contribution is 9.10. The first kappa shape index (κ1) is 13.4. The number of ether oxygens (including phenoxy) is 1. The molecule has 4 nitrogen and oxygen atoms in total. The molecule has 1 fully saturated rings. The van der Waals surface area contributed by atoms with Crippen LogP contribution in [-0.2, 0) is 4.74 Å². The van der Waals surface area contributed by atoms with Gasteiger partial charge in [0.05, 0.1) is 23.2 Å². The molecule has 18 heavy (non-hydrogen) atoms. The molecule has 0 aliphatic carbocycles. The quantitative estimate of drug-likeness (QED) is 0.866. The number of rotatable bonds is 1. The van der Waals surface area contributed by atoms with E-state index in [2.05, 4.69) is 15.9 Å². The predicted molar refractivity (Wildman–Crippen MR) is 71.7 cm³/mol. The first-order valence-electron chi connectivity index (χ1n) is 5.90. The summed E-state index contributed by atoms with van der Waals surface area (Å²) in [5, 5.41) is 9.62. The van der Waals surface area contributed by atoms with Gasteiger partial charge in [-0.25, -0.2) is 0 Å². The van der Waals surface area contributed by atoms with Crippen LogP contribution >= 0.6 is 15.9 Å². The van der Waals surface area contributed by atoms with Crippen LogP contribution in [0.15, 0.2) is 22.7 Å². The molecule has 1 saturated heterocycles. The number of nitrogens with zero attached hydrogens (tertiary/aromatic N) is 1. The van der Waals surface area contributed by atoms with Crippen LogP contribution in [0.25, 0.3) is 0 Å². The van der Waals surface area contributed by atoms with Gasteiger partial charge in [-0.1, -0.05) is 0 Å². The Morgan fingerprint density at radius 1 is 1.50 bits per heavy atom. The van der Waals surface area contributed by atoms with Crippen molar-refractivity contribution in [2.24, 2.45) is 0 Å². The Labute approximate surface area is 115 Å². The van der Waals surface area contributed by atoms with Crippen LogP contribution in [0.2, 0.25) is 0 Å². The van der Waals surface area contributed by atoms with Crippen LogP contribution in [0.5, 0.6) is 5.75 Å². The van der Waals surface area contributed by atoms with Crippen LogP contribution in [0.4, 0.5) is 0 Å². The van der Waals surface area contributed by atoms with Gasteiger partial charge in [-0.15, -0.1) is 0 Å². The highest BCUT2D eigenvalue weighted by atomic mass is 79.9. The summed E-state index contributed by atoms with van der Waals surface area (Å²) in [6.45, 7) is 5.04. The summed E-state index contributed by atoms with van der Waals surface area (Å²) < 4.78 is 6.08. The van der Waals surface area contributed by atoms with Crippen LogP contribution in [0.1, 0.15) is 24.2 Å². The first-order valence-corrected chi connectivity index (χ1v) is 6.69. The highest BCUT2D eigenvalue weighted by Crippen LogP contribution is 2.25. The van der Waals surface area contributed by atoms with Gasteiger partial charge in [0.15, 0.2) is 0 Å². The van der Waals surface area contributed by atoms with Crippen molar-refractivity contribution in [2.45, 2.75) is 26.0 Å². The summed E-state index contributed by atoms with van der Waals surface area (Å²) >= 11 is 3.20. The number of carbonyl (C=O) groups excluding carboxylic acids is 1. The maximum atomic E-state index is 12.4. The Balaban J connectivity index is 2.21. The van der Waals surface area contributed by atoms with Crippen molar-refractivity contribution in [3.63, 3.8) is 0 Å². The summed E-state index contributed by atoms with van der Waals surface area (Å²) in [4.78, 5) is 14.2. The molecule has 0 saturated carbocycles. The van der Waals surface area contributed by atoms with E-state index in [-0.39, 0.29) is 23.8 Å². The fourth-order valence-corrected chi connectivity index (χ4v) is 2.24. The second-order valence-corrected chi connectivity index (χ2v) is 5.47. The molecule has 2 atom stereocenters. The second kappa shape index (κ2) is 5.28. The fraction of sp³-hybridized carbons (Fsp3) is 0.462. The van der Waals surface area contributed by atoms with E-state index in [4.69, 9.17) is 4.74 Å². The third kappa shape index (κ3) is 2.67. The zero-order valence-electron chi connectivity index (χ0n) is 10.4. The molecular formula is C13H16BrNO3. The van der Waals surface area contributed by atoms with Gasteiger partial charge in [-0.05, 0) is 48.0 Å². The third-order valence-corrected chi connectivity index (χ3v) is 3.73. The maximum absolute atomic E-state index is 12.4.